The molecule has 3 nitrogen and oxygen atoms in total. The Kier molecular flexibility index (Phi) is 7.92. The topological polar surface area (TPSA) is 49.4 Å². The van der Waals surface area contributed by atoms with E-state index in [0.29, 0.717) is 6.61 Å². The molecule has 0 N–H and O–H groups in total. The Labute approximate surface area is 188 Å². The second-order valence-electron chi connectivity index (χ2n) is 7.17. The van der Waals surface area contributed by atoms with E-state index in [9.17, 15) is 13.7 Å². The summed E-state index contributed by atoms with van der Waals surface area (Å²) in [6.07, 6.45) is 5.53. The summed E-state index contributed by atoms with van der Waals surface area (Å²) in [5.74, 6) is -0.633. The standard InChI is InChI=1S/C24H24BrFO3S/c1-16-21(13-17-5-8-19(9-6-17)30(2)28)20-10-7-18(26)14-23(20)22(16)15-24(27)29-12-4-3-11-25/h5-10,13-14H,3-4,11-12,15H2,1-2H3/b21-13-. The number of hydrogen-bond donors (Lipinski definition) is 0. The smallest absolute Gasteiger partial charge is 0.310 e. The van der Waals surface area contributed by atoms with E-state index in [1.54, 1.807) is 12.3 Å². The monoisotopic (exact) mass is 490 g/mol. The van der Waals surface area contributed by atoms with Gasteiger partial charge in [-0.25, -0.2) is 4.39 Å². The molecule has 3 rings (SSSR count). The number of benzene rings is 2. The van der Waals surface area contributed by atoms with Crippen LogP contribution in [-0.4, -0.2) is 28.7 Å². The third kappa shape index (κ3) is 5.42. The fraction of sp³-hybridized carbons (Fsp3) is 0.292. The molecule has 0 spiro atoms. The van der Waals surface area contributed by atoms with Crippen LogP contribution in [0.3, 0.4) is 0 Å². The molecule has 0 saturated heterocycles. The zero-order valence-electron chi connectivity index (χ0n) is 17.0. The maximum absolute atomic E-state index is 14.0. The molecule has 0 fully saturated rings. The number of ether oxygens (including phenoxy) is 1. The maximum atomic E-state index is 14.0. The fourth-order valence-corrected chi connectivity index (χ4v) is 4.40. The number of alkyl halides is 1. The van der Waals surface area contributed by atoms with Crippen LogP contribution < -0.4 is 0 Å². The van der Waals surface area contributed by atoms with E-state index < -0.39 is 11.2 Å². The highest BCUT2D eigenvalue weighted by Gasteiger charge is 2.26. The molecule has 1 aliphatic rings. The van der Waals surface area contributed by atoms with Gasteiger partial charge in [0.1, 0.15) is 12.1 Å². The van der Waals surface area contributed by atoms with Crippen LogP contribution in [0.2, 0.25) is 0 Å². The molecule has 0 heterocycles. The van der Waals surface area contributed by atoms with E-state index in [2.05, 4.69) is 15.9 Å². The number of hydrogen-bond acceptors (Lipinski definition) is 3. The summed E-state index contributed by atoms with van der Waals surface area (Å²) in [7, 11) is 0. The van der Waals surface area contributed by atoms with Gasteiger partial charge in [0.25, 0.3) is 0 Å². The lowest BCUT2D eigenvalue weighted by atomic mass is 10.0. The van der Waals surface area contributed by atoms with Gasteiger partial charge in [-0.1, -0.05) is 22.0 Å². The van der Waals surface area contributed by atoms with Crippen molar-refractivity contribution in [2.24, 2.45) is 0 Å². The molecule has 2 aromatic rings. The van der Waals surface area contributed by atoms with Crippen LogP contribution in [0.1, 0.15) is 42.9 Å². The van der Waals surface area contributed by atoms with Gasteiger partial charge in [-0.15, -0.1) is 0 Å². The van der Waals surface area contributed by atoms with Crippen LogP contribution in [0, 0.1) is 5.82 Å². The number of fused-ring (bicyclic) bond motifs is 1. The van der Waals surface area contributed by atoms with E-state index in [4.69, 9.17) is 4.74 Å². The number of carbonyl (C=O) groups is 1. The third-order valence-corrected chi connectivity index (χ3v) is 6.59. The average molecular weight is 491 g/mol. The van der Waals surface area contributed by atoms with Gasteiger partial charge in [0, 0.05) is 5.33 Å². The molecule has 0 amide bonds. The molecule has 1 unspecified atom stereocenters. The van der Waals surface area contributed by atoms with Gasteiger partial charge in [0.2, 0.25) is 0 Å². The van der Waals surface area contributed by atoms with Crippen LogP contribution >= 0.6 is 15.9 Å². The van der Waals surface area contributed by atoms with E-state index in [0.717, 1.165) is 56.5 Å². The molecule has 1 atom stereocenters. The molecule has 0 aliphatic heterocycles. The van der Waals surface area contributed by atoms with Crippen molar-refractivity contribution in [1.29, 1.82) is 0 Å². The highest BCUT2D eigenvalue weighted by molar-refractivity contribution is 9.09. The lowest BCUT2D eigenvalue weighted by Crippen LogP contribution is -2.07. The van der Waals surface area contributed by atoms with E-state index in [1.165, 1.54) is 12.1 Å². The first-order valence-corrected chi connectivity index (χ1v) is 12.5. The van der Waals surface area contributed by atoms with Crippen molar-refractivity contribution >= 4 is 50.3 Å². The minimum absolute atomic E-state index is 0.113. The molecule has 30 heavy (non-hydrogen) atoms. The minimum atomic E-state index is -1.03. The van der Waals surface area contributed by atoms with Crippen molar-refractivity contribution in [2.75, 3.05) is 18.2 Å². The number of halogens is 2. The number of unbranched alkanes of at least 4 members (excludes halogenated alkanes) is 1. The predicted octanol–water partition coefficient (Wildman–Crippen LogP) is 6.00. The first kappa shape index (κ1) is 22.8. The molecule has 158 valence electrons. The molecule has 0 bridgehead atoms. The van der Waals surface area contributed by atoms with Gasteiger partial charge in [0.05, 0.1) is 13.0 Å². The SMILES string of the molecule is CC1=C(CC(=O)OCCCCBr)c2cc(F)ccc2/C1=C\c1ccc([S+](C)[O-])cc1. The van der Waals surface area contributed by atoms with Gasteiger partial charge in [-0.2, -0.15) is 0 Å². The highest BCUT2D eigenvalue weighted by Crippen LogP contribution is 2.44. The summed E-state index contributed by atoms with van der Waals surface area (Å²) in [5.41, 5.74) is 5.29. The molecule has 0 saturated carbocycles. The van der Waals surface area contributed by atoms with E-state index >= 15 is 0 Å². The van der Waals surface area contributed by atoms with Crippen molar-refractivity contribution in [3.8, 4) is 0 Å². The quantitative estimate of drug-likeness (QED) is 0.197. The maximum Gasteiger partial charge on any atom is 0.310 e. The van der Waals surface area contributed by atoms with Crippen LogP contribution in [0.4, 0.5) is 4.39 Å². The molecule has 2 aromatic carbocycles. The third-order valence-electron chi connectivity index (χ3n) is 5.09. The molecule has 0 aromatic heterocycles. The van der Waals surface area contributed by atoms with Crippen molar-refractivity contribution in [3.63, 3.8) is 0 Å². The van der Waals surface area contributed by atoms with Crippen molar-refractivity contribution < 1.29 is 18.5 Å². The summed E-state index contributed by atoms with van der Waals surface area (Å²) < 4.78 is 30.9. The van der Waals surface area contributed by atoms with E-state index in [1.807, 2.05) is 37.3 Å². The van der Waals surface area contributed by atoms with E-state index in [-0.39, 0.29) is 18.2 Å². The molecule has 1 aliphatic carbocycles. The molecular weight excluding hydrogens is 467 g/mol. The lowest BCUT2D eigenvalue weighted by molar-refractivity contribution is -0.142. The van der Waals surface area contributed by atoms with Gasteiger partial charge >= 0.3 is 5.97 Å². The zero-order chi connectivity index (χ0) is 21.7. The predicted molar refractivity (Wildman–Crippen MR) is 124 cm³/mol. The van der Waals surface area contributed by atoms with Crippen LogP contribution in [-0.2, 0) is 20.7 Å². The Morgan fingerprint density at radius 1 is 1.17 bits per heavy atom. The van der Waals surface area contributed by atoms with Crippen molar-refractivity contribution in [1.82, 2.24) is 0 Å². The van der Waals surface area contributed by atoms with Crippen LogP contribution in [0.5, 0.6) is 0 Å². The number of allylic oxidation sites excluding steroid dienone is 2. The molecule has 0 radical (unpaired) electrons. The number of rotatable bonds is 8. The van der Waals surface area contributed by atoms with Gasteiger partial charge in [-0.05, 0) is 107 Å². The first-order valence-electron chi connectivity index (χ1n) is 9.78. The summed E-state index contributed by atoms with van der Waals surface area (Å²) in [4.78, 5) is 13.1. The van der Waals surface area contributed by atoms with Gasteiger partial charge < -0.3 is 9.29 Å². The Morgan fingerprint density at radius 2 is 1.90 bits per heavy atom. The second-order valence-corrected chi connectivity index (χ2v) is 9.34. The Morgan fingerprint density at radius 3 is 2.57 bits per heavy atom. The summed E-state index contributed by atoms with van der Waals surface area (Å²) >= 11 is 2.33. The minimum Gasteiger partial charge on any atom is -0.612 e. The molecular formula is C24H24BrFO3S. The summed E-state index contributed by atoms with van der Waals surface area (Å²) in [6, 6.07) is 12.2. The zero-order valence-corrected chi connectivity index (χ0v) is 19.4. The number of esters is 1. The molecule has 6 heteroatoms. The summed E-state index contributed by atoms with van der Waals surface area (Å²) in [6.45, 7) is 2.34. The van der Waals surface area contributed by atoms with Crippen LogP contribution in [0.25, 0.3) is 17.2 Å². The van der Waals surface area contributed by atoms with Crippen LogP contribution in [0.15, 0.2) is 52.9 Å². The lowest BCUT2D eigenvalue weighted by Gasteiger charge is -2.07. The van der Waals surface area contributed by atoms with Gasteiger partial charge in [0.15, 0.2) is 4.90 Å². The Bertz CT molecular complexity index is 980. The summed E-state index contributed by atoms with van der Waals surface area (Å²) in [5, 5.41) is 0.880. The number of carbonyl (C=O) groups excluding carboxylic acids is 1. The Balaban J connectivity index is 1.89. The second kappa shape index (κ2) is 10.4. The Hall–Kier alpha value is -1.89. The average Bonchev–Trinajstić information content (AvgIpc) is 2.97. The van der Waals surface area contributed by atoms with Crippen molar-refractivity contribution in [3.05, 3.63) is 70.5 Å². The highest BCUT2D eigenvalue weighted by atomic mass is 79.9. The van der Waals surface area contributed by atoms with Crippen molar-refractivity contribution in [2.45, 2.75) is 31.1 Å². The fourth-order valence-electron chi connectivity index (χ4n) is 3.48. The first-order chi connectivity index (χ1) is 14.4. The largest absolute Gasteiger partial charge is 0.612 e. The van der Waals surface area contributed by atoms with Gasteiger partial charge in [-0.3, -0.25) is 4.79 Å². The normalized spacial score (nSPS) is 15.4.